The van der Waals surface area contributed by atoms with Gasteiger partial charge < -0.3 is 35.7 Å². The third-order valence-corrected chi connectivity index (χ3v) is 7.43. The zero-order valence-electron chi connectivity index (χ0n) is 23.2. The maximum atomic E-state index is 13.0. The standard InChI is InChI=1S/C29H36N8O4/c1-2-24(35-30)28(33-21-8-15-40-16-9-21)34-27(7-14-38)32-22-3-4-25-26(17-22)41-19-23-18-36(12-13-37(23)25)29(39)20-5-10-31-11-6-20/h3-7,10-11,14,17,21,23,32H,2,8-9,12-13,15-16,18-19,30H2,1H3,(H,33,34)/b27-7+,35-24-. The van der Waals surface area contributed by atoms with Gasteiger partial charge in [0.15, 0.2) is 5.84 Å². The highest BCUT2D eigenvalue weighted by Crippen LogP contribution is 2.37. The number of hydrogen-bond donors (Lipinski definition) is 3. The fraction of sp³-hybridized carbons (Fsp3) is 0.414. The third kappa shape index (κ3) is 6.65. The molecule has 2 aromatic rings. The van der Waals surface area contributed by atoms with Crippen LogP contribution < -0.4 is 26.1 Å². The molecule has 12 nitrogen and oxygen atoms in total. The molecule has 4 heterocycles. The summed E-state index contributed by atoms with van der Waals surface area (Å²) in [5.74, 6) is 7.37. The first-order valence-electron chi connectivity index (χ1n) is 13.9. The Labute approximate surface area is 239 Å². The maximum absolute atomic E-state index is 13.0. The Morgan fingerprint density at radius 3 is 2.73 bits per heavy atom. The monoisotopic (exact) mass is 560 g/mol. The number of allylic oxidation sites excluding steroid dienone is 1. The van der Waals surface area contributed by atoms with Gasteiger partial charge in [0.05, 0.1) is 17.8 Å². The van der Waals surface area contributed by atoms with Gasteiger partial charge in [0.1, 0.15) is 30.2 Å². The molecule has 0 spiro atoms. The van der Waals surface area contributed by atoms with Crippen molar-refractivity contribution in [1.29, 1.82) is 0 Å². The fourth-order valence-corrected chi connectivity index (χ4v) is 5.27. The van der Waals surface area contributed by atoms with Gasteiger partial charge in [-0.3, -0.25) is 19.6 Å². The maximum Gasteiger partial charge on any atom is 0.254 e. The summed E-state index contributed by atoms with van der Waals surface area (Å²) < 4.78 is 11.6. The number of fused-ring (bicyclic) bond motifs is 3. The van der Waals surface area contributed by atoms with Gasteiger partial charge in [-0.25, -0.2) is 0 Å². The molecule has 3 aliphatic rings. The number of pyridine rings is 1. The van der Waals surface area contributed by atoms with Crippen LogP contribution in [0.25, 0.3) is 0 Å². The molecule has 1 amide bonds. The van der Waals surface area contributed by atoms with Crippen LogP contribution >= 0.6 is 0 Å². The predicted molar refractivity (Wildman–Crippen MR) is 157 cm³/mol. The number of aliphatic imine (C=N–C) groups is 1. The van der Waals surface area contributed by atoms with E-state index >= 15 is 0 Å². The number of nitrogens with one attached hydrogen (secondary N) is 2. The lowest BCUT2D eigenvalue weighted by atomic mass is 10.1. The minimum atomic E-state index is 0.00466. The van der Waals surface area contributed by atoms with Crippen LogP contribution in [0.1, 0.15) is 36.5 Å². The summed E-state index contributed by atoms with van der Waals surface area (Å²) in [6.45, 7) is 5.62. The van der Waals surface area contributed by atoms with Gasteiger partial charge in [-0.1, -0.05) is 6.92 Å². The molecule has 12 heteroatoms. The summed E-state index contributed by atoms with van der Waals surface area (Å²) >= 11 is 0. The van der Waals surface area contributed by atoms with Gasteiger partial charge in [-0.05, 0) is 43.5 Å². The Hall–Kier alpha value is -4.45. The van der Waals surface area contributed by atoms with E-state index in [0.29, 0.717) is 75.1 Å². The van der Waals surface area contributed by atoms with Crippen molar-refractivity contribution in [2.75, 3.05) is 49.7 Å². The van der Waals surface area contributed by atoms with Crippen LogP contribution in [0.4, 0.5) is 11.4 Å². The number of amides is 1. The summed E-state index contributed by atoms with van der Waals surface area (Å²) in [6.07, 6.45) is 7.57. The highest BCUT2D eigenvalue weighted by atomic mass is 16.5. The van der Waals surface area contributed by atoms with Crippen molar-refractivity contribution < 1.29 is 19.1 Å². The molecule has 0 bridgehead atoms. The summed E-state index contributed by atoms with van der Waals surface area (Å²) in [5.41, 5.74) is 2.96. The van der Waals surface area contributed by atoms with Gasteiger partial charge in [0.2, 0.25) is 0 Å². The van der Waals surface area contributed by atoms with Crippen molar-refractivity contribution in [2.24, 2.45) is 15.9 Å². The van der Waals surface area contributed by atoms with Crippen molar-refractivity contribution in [2.45, 2.75) is 38.3 Å². The average Bonchev–Trinajstić information content (AvgIpc) is 3.02. The molecule has 1 unspecified atom stereocenters. The Morgan fingerprint density at radius 1 is 1.20 bits per heavy atom. The number of piperazine rings is 1. The molecule has 1 aromatic carbocycles. The Morgan fingerprint density at radius 2 is 2.00 bits per heavy atom. The van der Waals surface area contributed by atoms with Crippen LogP contribution in [0.3, 0.4) is 0 Å². The lowest BCUT2D eigenvalue weighted by Crippen LogP contribution is -2.58. The number of nitrogens with zero attached hydrogens (tertiary/aromatic N) is 5. The van der Waals surface area contributed by atoms with E-state index in [9.17, 15) is 9.59 Å². The number of aromatic nitrogens is 1. The van der Waals surface area contributed by atoms with Gasteiger partial charge in [0.25, 0.3) is 5.91 Å². The minimum absolute atomic E-state index is 0.00466. The molecule has 0 radical (unpaired) electrons. The number of nitrogens with two attached hydrogens (primary N) is 1. The van der Waals surface area contributed by atoms with Crippen molar-refractivity contribution >= 4 is 35.1 Å². The molecule has 0 aliphatic carbocycles. The molecular formula is C29H36N8O4. The Balaban J connectivity index is 1.28. The highest BCUT2D eigenvalue weighted by Gasteiger charge is 2.35. The first-order chi connectivity index (χ1) is 20.1. The summed E-state index contributed by atoms with van der Waals surface area (Å²) in [4.78, 5) is 37.5. The van der Waals surface area contributed by atoms with Crippen LogP contribution in [-0.2, 0) is 9.53 Å². The van der Waals surface area contributed by atoms with Crippen LogP contribution in [0.2, 0.25) is 0 Å². The fourth-order valence-electron chi connectivity index (χ4n) is 5.27. The van der Waals surface area contributed by atoms with Crippen LogP contribution in [0.5, 0.6) is 5.75 Å². The van der Waals surface area contributed by atoms with E-state index in [2.05, 4.69) is 25.6 Å². The Kier molecular flexibility index (Phi) is 9.09. The number of hydrazone groups is 1. The molecule has 0 saturated carbocycles. The molecule has 2 fully saturated rings. The van der Waals surface area contributed by atoms with E-state index in [4.69, 9.17) is 20.3 Å². The van der Waals surface area contributed by atoms with Crippen molar-refractivity contribution in [3.63, 3.8) is 0 Å². The molecule has 5 rings (SSSR count). The summed E-state index contributed by atoms with van der Waals surface area (Å²) in [5, 5.41) is 10.4. The number of benzene rings is 1. The molecule has 2 saturated heterocycles. The number of carbonyl (C=O) groups is 2. The van der Waals surface area contributed by atoms with E-state index in [0.717, 1.165) is 30.0 Å². The minimum Gasteiger partial charge on any atom is -0.489 e. The molecule has 1 atom stereocenters. The molecule has 3 aliphatic heterocycles. The lowest BCUT2D eigenvalue weighted by Gasteiger charge is -2.45. The normalized spacial score (nSPS) is 20.0. The molecular weight excluding hydrogens is 524 g/mol. The van der Waals surface area contributed by atoms with Crippen LogP contribution in [0, 0.1) is 0 Å². The van der Waals surface area contributed by atoms with Gasteiger partial charge in [-0.2, -0.15) is 5.10 Å². The second kappa shape index (κ2) is 13.3. The average molecular weight is 561 g/mol. The zero-order valence-corrected chi connectivity index (χ0v) is 23.2. The number of amidine groups is 1. The van der Waals surface area contributed by atoms with Crippen LogP contribution in [0.15, 0.2) is 64.7 Å². The topological polar surface area (TPSA) is 147 Å². The first kappa shape index (κ1) is 28.1. The van der Waals surface area contributed by atoms with E-state index in [1.807, 2.05) is 30.0 Å². The Bertz CT molecular complexity index is 1320. The van der Waals surface area contributed by atoms with E-state index in [1.54, 1.807) is 24.5 Å². The highest BCUT2D eigenvalue weighted by molar-refractivity contribution is 6.41. The van der Waals surface area contributed by atoms with Gasteiger partial charge in [0, 0.05) is 68.6 Å². The first-order valence-corrected chi connectivity index (χ1v) is 13.9. The number of carbonyl (C=O) groups excluding carboxylic acids is 2. The van der Waals surface area contributed by atoms with Crippen molar-refractivity contribution in [3.05, 3.63) is 60.2 Å². The summed E-state index contributed by atoms with van der Waals surface area (Å²) in [6, 6.07) is 9.46. The second-order valence-corrected chi connectivity index (χ2v) is 10.0. The van der Waals surface area contributed by atoms with E-state index < -0.39 is 0 Å². The van der Waals surface area contributed by atoms with E-state index in [1.165, 1.54) is 6.08 Å². The molecule has 4 N–H and O–H groups in total. The zero-order chi connectivity index (χ0) is 28.6. The van der Waals surface area contributed by atoms with Crippen LogP contribution in [-0.4, -0.2) is 85.2 Å². The number of aldehydes is 1. The van der Waals surface area contributed by atoms with E-state index in [-0.39, 0.29) is 18.0 Å². The quantitative estimate of drug-likeness (QED) is 0.110. The van der Waals surface area contributed by atoms with Gasteiger partial charge >= 0.3 is 0 Å². The predicted octanol–water partition coefficient (Wildman–Crippen LogP) is 2.15. The summed E-state index contributed by atoms with van der Waals surface area (Å²) in [7, 11) is 0. The lowest BCUT2D eigenvalue weighted by molar-refractivity contribution is -0.104. The SMILES string of the molecule is CC/C(=N/N)C(=NC1CCOCC1)N/C(=C/C=O)Nc1ccc2c(c1)OCC1CN(C(=O)c3ccncc3)CCN21. The number of hydrogen-bond acceptors (Lipinski definition) is 10. The second-order valence-electron chi connectivity index (χ2n) is 10.0. The molecule has 216 valence electrons. The number of anilines is 2. The van der Waals surface area contributed by atoms with Crippen molar-refractivity contribution in [3.8, 4) is 5.75 Å². The largest absolute Gasteiger partial charge is 0.489 e. The molecule has 41 heavy (non-hydrogen) atoms. The number of ether oxygens (including phenoxy) is 2. The number of rotatable bonds is 8. The molecule has 1 aromatic heterocycles. The van der Waals surface area contributed by atoms with Crippen molar-refractivity contribution in [1.82, 2.24) is 15.2 Å². The van der Waals surface area contributed by atoms with Gasteiger partial charge in [-0.15, -0.1) is 0 Å². The third-order valence-electron chi connectivity index (χ3n) is 7.43. The smallest absolute Gasteiger partial charge is 0.254 e.